The van der Waals surface area contributed by atoms with Crippen LogP contribution in [0.3, 0.4) is 0 Å². The van der Waals surface area contributed by atoms with Crippen LogP contribution < -0.4 is 16.6 Å². The van der Waals surface area contributed by atoms with E-state index in [1.165, 1.54) is 18.6 Å². The van der Waals surface area contributed by atoms with Gasteiger partial charge in [0, 0.05) is 18.3 Å². The molecule has 0 aliphatic carbocycles. The highest BCUT2D eigenvalue weighted by atomic mass is 32.2. The van der Waals surface area contributed by atoms with Crippen LogP contribution in [0.25, 0.3) is 0 Å². The fraction of sp³-hybridized carbons (Fsp3) is 0.889. The Labute approximate surface area is 90.1 Å². The van der Waals surface area contributed by atoms with E-state index in [9.17, 15) is 0 Å². The second kappa shape index (κ2) is 6.95. The number of hydrogen-bond donors (Lipinski definition) is 3. The van der Waals surface area contributed by atoms with Crippen LogP contribution in [0.1, 0.15) is 26.2 Å². The highest BCUT2D eigenvalue weighted by molar-refractivity contribution is 7.99. The van der Waals surface area contributed by atoms with Gasteiger partial charge in [0.15, 0.2) is 0 Å². The smallest absolute Gasteiger partial charge is 0.205 e. The monoisotopic (exact) mass is 216 g/mol. The number of aliphatic imine (C=N–C) groups is 1. The van der Waals surface area contributed by atoms with Crippen molar-refractivity contribution < 1.29 is 0 Å². The molecule has 0 aromatic heterocycles. The highest BCUT2D eigenvalue weighted by Crippen LogP contribution is 2.16. The van der Waals surface area contributed by atoms with Crippen LogP contribution in [0.5, 0.6) is 0 Å². The zero-order valence-electron chi connectivity index (χ0n) is 8.75. The van der Waals surface area contributed by atoms with Gasteiger partial charge in [0.2, 0.25) is 5.96 Å². The molecule has 1 atom stereocenters. The number of hydrazine groups is 1. The molecule has 1 fully saturated rings. The number of nitrogens with zero attached hydrogens (tertiary/aromatic N) is 1. The van der Waals surface area contributed by atoms with E-state index < -0.39 is 0 Å². The maximum absolute atomic E-state index is 5.38. The number of rotatable bonds is 3. The molecular formula is C9H20N4S. The van der Waals surface area contributed by atoms with Crippen LogP contribution in [0.4, 0.5) is 0 Å². The fourth-order valence-corrected chi connectivity index (χ4v) is 2.48. The zero-order chi connectivity index (χ0) is 10.2. The van der Waals surface area contributed by atoms with Gasteiger partial charge in [0.1, 0.15) is 0 Å². The van der Waals surface area contributed by atoms with Gasteiger partial charge in [-0.25, -0.2) is 5.84 Å². The average Bonchev–Trinajstić information content (AvgIpc) is 2.25. The van der Waals surface area contributed by atoms with Gasteiger partial charge in [-0.1, -0.05) is 6.92 Å². The van der Waals surface area contributed by atoms with Crippen molar-refractivity contribution in [3.8, 4) is 0 Å². The first kappa shape index (κ1) is 11.7. The Morgan fingerprint density at radius 1 is 1.64 bits per heavy atom. The Hall–Kier alpha value is -0.420. The van der Waals surface area contributed by atoms with Crippen molar-refractivity contribution in [3.05, 3.63) is 0 Å². The first-order valence-corrected chi connectivity index (χ1v) is 6.37. The average molecular weight is 216 g/mol. The highest BCUT2D eigenvalue weighted by Gasteiger charge is 2.14. The molecule has 1 unspecified atom stereocenters. The van der Waals surface area contributed by atoms with E-state index in [4.69, 9.17) is 5.84 Å². The predicted molar refractivity (Wildman–Crippen MR) is 63.4 cm³/mol. The Bertz CT molecular complexity index is 178. The van der Waals surface area contributed by atoms with Gasteiger partial charge in [0.05, 0.1) is 0 Å². The minimum atomic E-state index is 0.528. The molecule has 0 bridgehead atoms. The minimum Gasteiger partial charge on any atom is -0.352 e. The maximum atomic E-state index is 5.38. The molecule has 1 aliphatic rings. The quantitative estimate of drug-likeness (QED) is 0.281. The molecule has 0 aromatic rings. The third-order valence-corrected chi connectivity index (χ3v) is 3.35. The Morgan fingerprint density at radius 2 is 2.50 bits per heavy atom. The molecule has 0 radical (unpaired) electrons. The second-order valence-electron chi connectivity index (χ2n) is 3.43. The first-order chi connectivity index (χ1) is 6.86. The van der Waals surface area contributed by atoms with E-state index >= 15 is 0 Å². The molecule has 5 heteroatoms. The first-order valence-electron chi connectivity index (χ1n) is 5.22. The summed E-state index contributed by atoms with van der Waals surface area (Å²) >= 11 is 1.99. The summed E-state index contributed by atoms with van der Waals surface area (Å²) in [5, 5.41) is 3.33. The second-order valence-corrected chi connectivity index (χ2v) is 4.58. The van der Waals surface area contributed by atoms with E-state index in [0.29, 0.717) is 6.04 Å². The van der Waals surface area contributed by atoms with Gasteiger partial charge in [-0.2, -0.15) is 11.8 Å². The Kier molecular flexibility index (Phi) is 5.78. The SMILES string of the molecule is CCCN=C(NN)NC1CCCSC1. The van der Waals surface area contributed by atoms with Gasteiger partial charge in [0.25, 0.3) is 0 Å². The third kappa shape index (κ3) is 4.19. The number of guanidine groups is 1. The zero-order valence-corrected chi connectivity index (χ0v) is 9.57. The van der Waals surface area contributed by atoms with Crippen LogP contribution in [-0.4, -0.2) is 30.1 Å². The van der Waals surface area contributed by atoms with E-state index in [0.717, 1.165) is 24.7 Å². The molecule has 0 saturated carbocycles. The van der Waals surface area contributed by atoms with Crippen molar-refractivity contribution >= 4 is 17.7 Å². The van der Waals surface area contributed by atoms with Crippen LogP contribution in [0.15, 0.2) is 4.99 Å². The van der Waals surface area contributed by atoms with Gasteiger partial charge in [-0.3, -0.25) is 10.4 Å². The van der Waals surface area contributed by atoms with Gasteiger partial charge < -0.3 is 5.32 Å². The maximum Gasteiger partial charge on any atom is 0.205 e. The summed E-state index contributed by atoms with van der Waals surface area (Å²) in [5.41, 5.74) is 2.61. The van der Waals surface area contributed by atoms with Crippen LogP contribution >= 0.6 is 11.8 Å². The molecular weight excluding hydrogens is 196 g/mol. The van der Waals surface area contributed by atoms with Crippen molar-refractivity contribution in [2.75, 3.05) is 18.1 Å². The summed E-state index contributed by atoms with van der Waals surface area (Å²) in [5.74, 6) is 8.56. The minimum absolute atomic E-state index is 0.528. The van der Waals surface area contributed by atoms with Crippen LogP contribution in [-0.2, 0) is 0 Å². The molecule has 0 amide bonds. The largest absolute Gasteiger partial charge is 0.352 e. The summed E-state index contributed by atoms with van der Waals surface area (Å²) in [6.45, 7) is 2.93. The molecule has 1 saturated heterocycles. The molecule has 1 heterocycles. The number of nitrogens with two attached hydrogens (primary N) is 1. The van der Waals surface area contributed by atoms with E-state index in [-0.39, 0.29) is 0 Å². The Balaban J connectivity index is 2.30. The van der Waals surface area contributed by atoms with Crippen molar-refractivity contribution in [1.29, 1.82) is 0 Å². The van der Waals surface area contributed by atoms with Gasteiger partial charge in [-0.15, -0.1) is 0 Å². The molecule has 1 aliphatic heterocycles. The lowest BCUT2D eigenvalue weighted by Gasteiger charge is -2.23. The number of hydrogen-bond acceptors (Lipinski definition) is 3. The van der Waals surface area contributed by atoms with Crippen LogP contribution in [0.2, 0.25) is 0 Å². The van der Waals surface area contributed by atoms with Gasteiger partial charge >= 0.3 is 0 Å². The van der Waals surface area contributed by atoms with Crippen molar-refractivity contribution in [2.45, 2.75) is 32.2 Å². The number of nitrogens with one attached hydrogen (secondary N) is 2. The molecule has 82 valence electrons. The lowest BCUT2D eigenvalue weighted by molar-refractivity contribution is 0.582. The molecule has 14 heavy (non-hydrogen) atoms. The summed E-state index contributed by atoms with van der Waals surface area (Å²) < 4.78 is 0. The van der Waals surface area contributed by atoms with Crippen molar-refractivity contribution in [1.82, 2.24) is 10.7 Å². The van der Waals surface area contributed by atoms with Crippen molar-refractivity contribution in [2.24, 2.45) is 10.8 Å². The molecule has 1 rings (SSSR count). The standard InChI is InChI=1S/C9H20N4S/c1-2-5-11-9(13-10)12-8-4-3-6-14-7-8/h8H,2-7,10H2,1H3,(H2,11,12,13). The summed E-state index contributed by atoms with van der Waals surface area (Å²) in [6, 6.07) is 0.528. The number of thioether (sulfide) groups is 1. The summed E-state index contributed by atoms with van der Waals surface area (Å²) in [4.78, 5) is 4.31. The fourth-order valence-electron chi connectivity index (χ4n) is 1.40. The molecule has 4 nitrogen and oxygen atoms in total. The van der Waals surface area contributed by atoms with Crippen LogP contribution in [0, 0.1) is 0 Å². The summed E-state index contributed by atoms with van der Waals surface area (Å²) in [6.07, 6.45) is 3.56. The van der Waals surface area contributed by atoms with Crippen molar-refractivity contribution in [3.63, 3.8) is 0 Å². The third-order valence-electron chi connectivity index (χ3n) is 2.13. The molecule has 4 N–H and O–H groups in total. The van der Waals surface area contributed by atoms with E-state index in [1.54, 1.807) is 0 Å². The van der Waals surface area contributed by atoms with E-state index in [2.05, 4.69) is 22.7 Å². The lowest BCUT2D eigenvalue weighted by atomic mass is 10.2. The lowest BCUT2D eigenvalue weighted by Crippen LogP contribution is -2.48. The molecule has 0 spiro atoms. The predicted octanol–water partition coefficient (Wildman–Crippen LogP) is 0.701. The normalized spacial score (nSPS) is 23.3. The molecule has 0 aromatic carbocycles. The summed E-state index contributed by atoms with van der Waals surface area (Å²) in [7, 11) is 0. The Morgan fingerprint density at radius 3 is 3.07 bits per heavy atom. The topological polar surface area (TPSA) is 62.4 Å². The van der Waals surface area contributed by atoms with Gasteiger partial charge in [-0.05, 0) is 25.0 Å². The van der Waals surface area contributed by atoms with E-state index in [1.807, 2.05) is 11.8 Å².